The first-order valence-electron chi connectivity index (χ1n) is 9.65. The fraction of sp³-hybridized carbons (Fsp3) is 0.650. The SMILES string of the molecule is Cc1cc2c3c(n(CCN4C[C@@H](C)N[C@H](C)C4)c2cn1)CCN(C)C3. The van der Waals surface area contributed by atoms with Crippen molar-refractivity contribution in [2.45, 2.75) is 52.4 Å². The Balaban J connectivity index is 1.63. The minimum absolute atomic E-state index is 0.581. The van der Waals surface area contributed by atoms with Gasteiger partial charge in [-0.1, -0.05) is 0 Å². The summed E-state index contributed by atoms with van der Waals surface area (Å²) in [6.45, 7) is 13.4. The largest absolute Gasteiger partial charge is 0.342 e. The van der Waals surface area contributed by atoms with Crippen LogP contribution in [0.3, 0.4) is 0 Å². The topological polar surface area (TPSA) is 36.3 Å². The van der Waals surface area contributed by atoms with Crippen molar-refractivity contribution in [2.24, 2.45) is 0 Å². The van der Waals surface area contributed by atoms with Gasteiger partial charge in [0.2, 0.25) is 0 Å². The maximum Gasteiger partial charge on any atom is 0.0673 e. The standard InChI is InChI=1S/C20H31N5/c1-14-9-17-18-13-23(4)6-5-19(18)25(20(17)10-21-14)8-7-24-11-15(2)22-16(3)12-24/h9-10,15-16,22H,5-8,11-13H2,1-4H3/t15-,16-/m1/s1. The highest BCUT2D eigenvalue weighted by molar-refractivity contribution is 5.85. The van der Waals surface area contributed by atoms with E-state index in [1.807, 2.05) is 0 Å². The first-order valence-corrected chi connectivity index (χ1v) is 9.65. The molecule has 0 saturated carbocycles. The number of hydrogen-bond donors (Lipinski definition) is 1. The molecule has 2 aliphatic rings. The second-order valence-electron chi connectivity index (χ2n) is 8.14. The van der Waals surface area contributed by atoms with Gasteiger partial charge in [0.15, 0.2) is 0 Å². The molecule has 2 atom stereocenters. The zero-order chi connectivity index (χ0) is 17.6. The summed E-state index contributed by atoms with van der Waals surface area (Å²) in [6.07, 6.45) is 3.24. The second-order valence-corrected chi connectivity index (χ2v) is 8.14. The lowest BCUT2D eigenvalue weighted by atomic mass is 10.1. The van der Waals surface area contributed by atoms with Crippen molar-refractivity contribution in [2.75, 3.05) is 33.2 Å². The number of nitrogens with one attached hydrogen (secondary N) is 1. The molecule has 0 aromatic carbocycles. The number of hydrogen-bond acceptors (Lipinski definition) is 4. The van der Waals surface area contributed by atoms with Gasteiger partial charge in [0.25, 0.3) is 0 Å². The van der Waals surface area contributed by atoms with Crippen LogP contribution < -0.4 is 5.32 Å². The molecular weight excluding hydrogens is 310 g/mol. The second kappa shape index (κ2) is 6.71. The molecule has 5 heteroatoms. The molecule has 2 aromatic rings. The van der Waals surface area contributed by atoms with Crippen molar-refractivity contribution in [3.63, 3.8) is 0 Å². The van der Waals surface area contributed by atoms with E-state index >= 15 is 0 Å². The van der Waals surface area contributed by atoms with Gasteiger partial charge in [-0.25, -0.2) is 0 Å². The van der Waals surface area contributed by atoms with Crippen LogP contribution in [-0.2, 0) is 19.5 Å². The molecule has 5 nitrogen and oxygen atoms in total. The highest BCUT2D eigenvalue weighted by Crippen LogP contribution is 2.30. The van der Waals surface area contributed by atoms with E-state index in [4.69, 9.17) is 0 Å². The first kappa shape index (κ1) is 17.0. The number of aromatic nitrogens is 2. The van der Waals surface area contributed by atoms with E-state index < -0.39 is 0 Å². The predicted octanol–water partition coefficient (Wildman–Crippen LogP) is 2.01. The van der Waals surface area contributed by atoms with E-state index in [0.29, 0.717) is 12.1 Å². The van der Waals surface area contributed by atoms with Gasteiger partial charge in [0.1, 0.15) is 0 Å². The summed E-state index contributed by atoms with van der Waals surface area (Å²) in [6, 6.07) is 3.44. The summed E-state index contributed by atoms with van der Waals surface area (Å²) in [7, 11) is 2.23. The lowest BCUT2D eigenvalue weighted by molar-refractivity contribution is 0.168. The lowest BCUT2D eigenvalue weighted by Gasteiger charge is -2.36. The molecule has 4 heterocycles. The van der Waals surface area contributed by atoms with E-state index in [2.05, 4.69) is 64.7 Å². The Morgan fingerprint density at radius 1 is 1.20 bits per heavy atom. The fourth-order valence-electron chi connectivity index (χ4n) is 4.70. The van der Waals surface area contributed by atoms with Crippen LogP contribution in [0.1, 0.15) is 30.8 Å². The zero-order valence-corrected chi connectivity index (χ0v) is 16.0. The average molecular weight is 342 g/mol. The van der Waals surface area contributed by atoms with Crippen molar-refractivity contribution in [3.05, 3.63) is 29.2 Å². The van der Waals surface area contributed by atoms with Gasteiger partial charge in [-0.05, 0) is 39.4 Å². The van der Waals surface area contributed by atoms with E-state index in [9.17, 15) is 0 Å². The van der Waals surface area contributed by atoms with Crippen LogP contribution in [0.2, 0.25) is 0 Å². The van der Waals surface area contributed by atoms with E-state index in [-0.39, 0.29) is 0 Å². The van der Waals surface area contributed by atoms with Gasteiger partial charge in [-0.2, -0.15) is 0 Å². The summed E-state index contributed by atoms with van der Waals surface area (Å²) in [5, 5.41) is 5.04. The Kier molecular flexibility index (Phi) is 4.56. The van der Waals surface area contributed by atoms with Crippen LogP contribution >= 0.6 is 0 Å². The Hall–Kier alpha value is -1.43. The van der Waals surface area contributed by atoms with E-state index in [0.717, 1.165) is 51.4 Å². The van der Waals surface area contributed by atoms with E-state index in [1.165, 1.54) is 22.2 Å². The molecule has 2 aliphatic heterocycles. The maximum atomic E-state index is 4.59. The first-order chi connectivity index (χ1) is 12.0. The van der Waals surface area contributed by atoms with Crippen LogP contribution in [0.25, 0.3) is 10.9 Å². The van der Waals surface area contributed by atoms with Crippen LogP contribution in [0.5, 0.6) is 0 Å². The number of fused-ring (bicyclic) bond motifs is 3. The molecule has 136 valence electrons. The lowest BCUT2D eigenvalue weighted by Crippen LogP contribution is -2.54. The molecule has 4 rings (SSSR count). The number of piperazine rings is 1. The van der Waals surface area contributed by atoms with Crippen molar-refractivity contribution in [3.8, 4) is 0 Å². The number of likely N-dealkylation sites (N-methyl/N-ethyl adjacent to an activating group) is 1. The summed E-state index contributed by atoms with van der Waals surface area (Å²) < 4.78 is 2.56. The molecule has 0 radical (unpaired) electrons. The van der Waals surface area contributed by atoms with Crippen molar-refractivity contribution < 1.29 is 0 Å². The number of aryl methyl sites for hydroxylation is 1. The quantitative estimate of drug-likeness (QED) is 0.927. The molecule has 0 bridgehead atoms. The molecule has 25 heavy (non-hydrogen) atoms. The maximum absolute atomic E-state index is 4.59. The summed E-state index contributed by atoms with van der Waals surface area (Å²) in [5.41, 5.74) is 5.50. The molecule has 0 unspecified atom stereocenters. The molecule has 1 saturated heterocycles. The monoisotopic (exact) mass is 341 g/mol. The molecule has 0 aliphatic carbocycles. The fourth-order valence-corrected chi connectivity index (χ4v) is 4.70. The van der Waals surface area contributed by atoms with Crippen molar-refractivity contribution >= 4 is 10.9 Å². The zero-order valence-electron chi connectivity index (χ0n) is 16.0. The van der Waals surface area contributed by atoms with Gasteiger partial charge in [-0.3, -0.25) is 9.88 Å². The minimum Gasteiger partial charge on any atom is -0.342 e. The molecular formula is C20H31N5. The number of rotatable bonds is 3. The van der Waals surface area contributed by atoms with Gasteiger partial charge in [0.05, 0.1) is 11.7 Å². The van der Waals surface area contributed by atoms with Crippen molar-refractivity contribution in [1.29, 1.82) is 0 Å². The Morgan fingerprint density at radius 3 is 2.72 bits per heavy atom. The molecule has 2 aromatic heterocycles. The molecule has 0 spiro atoms. The molecule has 1 fully saturated rings. The summed E-state index contributed by atoms with van der Waals surface area (Å²) in [5.74, 6) is 0. The third-order valence-electron chi connectivity index (χ3n) is 5.74. The van der Waals surface area contributed by atoms with Gasteiger partial charge >= 0.3 is 0 Å². The van der Waals surface area contributed by atoms with Gasteiger partial charge in [-0.15, -0.1) is 0 Å². The van der Waals surface area contributed by atoms with Gasteiger partial charge in [0, 0.05) is 74.5 Å². The summed E-state index contributed by atoms with van der Waals surface area (Å²) >= 11 is 0. The Bertz CT molecular complexity index is 755. The highest BCUT2D eigenvalue weighted by atomic mass is 15.2. The van der Waals surface area contributed by atoms with Crippen LogP contribution in [-0.4, -0.2) is 64.7 Å². The molecule has 1 N–H and O–H groups in total. The van der Waals surface area contributed by atoms with Crippen LogP contribution in [0.15, 0.2) is 12.3 Å². The third kappa shape index (κ3) is 3.33. The van der Waals surface area contributed by atoms with Crippen molar-refractivity contribution in [1.82, 2.24) is 24.7 Å². The Labute approximate surface area is 151 Å². The van der Waals surface area contributed by atoms with E-state index in [1.54, 1.807) is 0 Å². The average Bonchev–Trinajstić information content (AvgIpc) is 2.84. The molecule has 0 amide bonds. The normalized spacial score (nSPS) is 25.4. The summed E-state index contributed by atoms with van der Waals surface area (Å²) in [4.78, 5) is 9.64. The highest BCUT2D eigenvalue weighted by Gasteiger charge is 2.24. The minimum atomic E-state index is 0.581. The van der Waals surface area contributed by atoms with Crippen LogP contribution in [0, 0.1) is 6.92 Å². The number of pyridine rings is 1. The van der Waals surface area contributed by atoms with Gasteiger partial charge < -0.3 is 14.8 Å². The van der Waals surface area contributed by atoms with Crippen LogP contribution in [0.4, 0.5) is 0 Å². The Morgan fingerprint density at radius 2 is 1.96 bits per heavy atom. The predicted molar refractivity (Wildman–Crippen MR) is 103 cm³/mol. The smallest absolute Gasteiger partial charge is 0.0673 e. The number of nitrogens with zero attached hydrogens (tertiary/aromatic N) is 4. The third-order valence-corrected chi connectivity index (χ3v) is 5.74.